The van der Waals surface area contributed by atoms with Crippen molar-refractivity contribution < 1.29 is 23.6 Å². The molecule has 0 bridgehead atoms. The summed E-state index contributed by atoms with van der Waals surface area (Å²) >= 11 is 0. The van der Waals surface area contributed by atoms with E-state index >= 15 is 0 Å². The lowest BCUT2D eigenvalue weighted by Gasteiger charge is -2.07. The van der Waals surface area contributed by atoms with Gasteiger partial charge in [-0.25, -0.2) is 4.79 Å². The maximum Gasteiger partial charge on any atom is 0.339 e. The Morgan fingerprint density at radius 1 is 1.04 bits per heavy atom. The maximum atomic E-state index is 12.4. The van der Waals surface area contributed by atoms with Gasteiger partial charge in [-0.05, 0) is 36.4 Å². The number of hydrogen-bond acceptors (Lipinski definition) is 6. The molecule has 3 rings (SSSR count). The number of esters is 1. The fraction of sp³-hybridized carbons (Fsp3) is 0.105. The van der Waals surface area contributed by atoms with E-state index < -0.39 is 11.9 Å². The van der Waals surface area contributed by atoms with Crippen molar-refractivity contribution in [1.29, 1.82) is 0 Å². The highest BCUT2D eigenvalue weighted by Gasteiger charge is 2.17. The van der Waals surface area contributed by atoms with E-state index in [2.05, 4.69) is 10.5 Å². The average molecular weight is 352 g/mol. The van der Waals surface area contributed by atoms with Crippen LogP contribution < -0.4 is 10.1 Å². The van der Waals surface area contributed by atoms with E-state index in [4.69, 9.17) is 14.0 Å². The van der Waals surface area contributed by atoms with Crippen molar-refractivity contribution in [3.63, 3.8) is 0 Å². The summed E-state index contributed by atoms with van der Waals surface area (Å²) in [5.74, 6) is 0.120. The van der Waals surface area contributed by atoms with Crippen LogP contribution in [-0.2, 0) is 4.74 Å². The summed E-state index contributed by atoms with van der Waals surface area (Å²) in [6.07, 6.45) is 0. The van der Waals surface area contributed by atoms with Crippen LogP contribution in [0.5, 0.6) is 5.75 Å². The Kier molecular flexibility index (Phi) is 4.98. The van der Waals surface area contributed by atoms with E-state index in [0.717, 1.165) is 5.56 Å². The first-order chi connectivity index (χ1) is 12.6. The van der Waals surface area contributed by atoms with Crippen LogP contribution in [0.25, 0.3) is 11.3 Å². The molecule has 0 atom stereocenters. The predicted molar refractivity (Wildman–Crippen MR) is 94.2 cm³/mol. The quantitative estimate of drug-likeness (QED) is 0.708. The second-order valence-electron chi connectivity index (χ2n) is 5.30. The van der Waals surface area contributed by atoms with Crippen LogP contribution in [0.4, 0.5) is 5.69 Å². The van der Waals surface area contributed by atoms with Gasteiger partial charge in [0.1, 0.15) is 5.75 Å². The number of ether oxygens (including phenoxy) is 2. The van der Waals surface area contributed by atoms with Crippen molar-refractivity contribution in [1.82, 2.24) is 5.16 Å². The Hall–Kier alpha value is -3.61. The number of para-hydroxylation sites is 1. The Morgan fingerprint density at radius 3 is 2.46 bits per heavy atom. The number of aromatic nitrogens is 1. The third-order valence-electron chi connectivity index (χ3n) is 3.70. The minimum absolute atomic E-state index is 0.0930. The molecule has 1 heterocycles. The van der Waals surface area contributed by atoms with E-state index in [-0.39, 0.29) is 11.3 Å². The molecule has 0 saturated carbocycles. The summed E-state index contributed by atoms with van der Waals surface area (Å²) in [5, 5.41) is 6.43. The molecule has 0 spiro atoms. The molecule has 2 aromatic carbocycles. The van der Waals surface area contributed by atoms with E-state index in [1.807, 2.05) is 0 Å². The highest BCUT2D eigenvalue weighted by Crippen LogP contribution is 2.24. The van der Waals surface area contributed by atoms with E-state index in [9.17, 15) is 9.59 Å². The first kappa shape index (κ1) is 17.2. The molecule has 0 aliphatic carbocycles. The molecule has 132 valence electrons. The molecule has 0 saturated heterocycles. The number of nitrogens with zero attached hydrogens (tertiary/aromatic N) is 1. The molecule has 7 nitrogen and oxygen atoms in total. The Balaban J connectivity index is 1.79. The van der Waals surface area contributed by atoms with Crippen LogP contribution in [0.1, 0.15) is 20.8 Å². The van der Waals surface area contributed by atoms with Gasteiger partial charge in [0.15, 0.2) is 11.5 Å². The molecule has 0 fully saturated rings. The summed E-state index contributed by atoms with van der Waals surface area (Å²) in [4.78, 5) is 24.2. The van der Waals surface area contributed by atoms with Crippen molar-refractivity contribution in [2.24, 2.45) is 0 Å². The zero-order valence-corrected chi connectivity index (χ0v) is 14.2. The third-order valence-corrected chi connectivity index (χ3v) is 3.70. The van der Waals surface area contributed by atoms with Crippen LogP contribution >= 0.6 is 0 Å². The molecule has 0 aliphatic rings. The molecule has 1 N–H and O–H groups in total. The number of benzene rings is 2. The number of carbonyl (C=O) groups excluding carboxylic acids is 2. The van der Waals surface area contributed by atoms with Gasteiger partial charge in [-0.3, -0.25) is 4.79 Å². The van der Waals surface area contributed by atoms with Crippen LogP contribution in [0.15, 0.2) is 59.1 Å². The van der Waals surface area contributed by atoms with Gasteiger partial charge in [0.2, 0.25) is 0 Å². The highest BCUT2D eigenvalue weighted by atomic mass is 16.5. The van der Waals surface area contributed by atoms with Crippen LogP contribution in [0.3, 0.4) is 0 Å². The summed E-state index contributed by atoms with van der Waals surface area (Å²) in [5.41, 5.74) is 1.43. The molecule has 0 aliphatic heterocycles. The van der Waals surface area contributed by atoms with Crippen LogP contribution in [-0.4, -0.2) is 31.3 Å². The standard InChI is InChI=1S/C19H16N2O5/c1-24-13-9-7-12(8-10-13)17-11-16(21-26-17)18(22)20-15-6-4-3-5-14(15)19(23)25-2/h3-11H,1-2H3,(H,20,22). The van der Waals surface area contributed by atoms with E-state index in [1.54, 1.807) is 55.6 Å². The first-order valence-corrected chi connectivity index (χ1v) is 7.72. The summed E-state index contributed by atoms with van der Waals surface area (Å²) < 4.78 is 15.1. The topological polar surface area (TPSA) is 90.7 Å². The normalized spacial score (nSPS) is 10.2. The van der Waals surface area contributed by atoms with Crippen molar-refractivity contribution >= 4 is 17.6 Å². The first-order valence-electron chi connectivity index (χ1n) is 7.72. The minimum atomic E-state index is -0.542. The van der Waals surface area contributed by atoms with Gasteiger partial charge >= 0.3 is 5.97 Å². The van der Waals surface area contributed by atoms with Crippen LogP contribution in [0.2, 0.25) is 0 Å². The van der Waals surface area contributed by atoms with Crippen molar-refractivity contribution in [2.45, 2.75) is 0 Å². The number of carbonyl (C=O) groups is 2. The molecular weight excluding hydrogens is 336 g/mol. The van der Waals surface area contributed by atoms with Crippen molar-refractivity contribution in [2.75, 3.05) is 19.5 Å². The third kappa shape index (κ3) is 3.56. The fourth-order valence-corrected chi connectivity index (χ4v) is 2.34. The average Bonchev–Trinajstić information content (AvgIpc) is 3.18. The molecule has 3 aromatic rings. The van der Waals surface area contributed by atoms with Crippen molar-refractivity contribution in [3.8, 4) is 17.1 Å². The summed E-state index contributed by atoms with van der Waals surface area (Å²) in [7, 11) is 2.86. The Morgan fingerprint density at radius 2 is 1.77 bits per heavy atom. The molecular formula is C19H16N2O5. The number of rotatable bonds is 5. The zero-order valence-electron chi connectivity index (χ0n) is 14.2. The molecule has 7 heteroatoms. The monoisotopic (exact) mass is 352 g/mol. The fourth-order valence-electron chi connectivity index (χ4n) is 2.34. The van der Waals surface area contributed by atoms with Crippen molar-refractivity contribution in [3.05, 3.63) is 65.9 Å². The van der Waals surface area contributed by atoms with Gasteiger partial charge in [0.05, 0.1) is 25.5 Å². The number of nitrogens with one attached hydrogen (secondary N) is 1. The maximum absolute atomic E-state index is 12.4. The Labute approximate surface area is 149 Å². The van der Waals surface area contributed by atoms with Gasteiger partial charge in [0, 0.05) is 11.6 Å². The smallest absolute Gasteiger partial charge is 0.339 e. The molecule has 1 aromatic heterocycles. The number of methoxy groups -OCH3 is 2. The molecule has 0 radical (unpaired) electrons. The minimum Gasteiger partial charge on any atom is -0.497 e. The highest BCUT2D eigenvalue weighted by molar-refractivity contribution is 6.07. The SMILES string of the molecule is COC(=O)c1ccccc1NC(=O)c1cc(-c2ccc(OC)cc2)on1. The van der Waals surface area contributed by atoms with Gasteiger partial charge in [-0.15, -0.1) is 0 Å². The summed E-state index contributed by atoms with van der Waals surface area (Å²) in [6.45, 7) is 0. The number of hydrogen-bond donors (Lipinski definition) is 1. The Bertz CT molecular complexity index is 931. The molecule has 1 amide bonds. The number of amides is 1. The second-order valence-corrected chi connectivity index (χ2v) is 5.30. The lowest BCUT2D eigenvalue weighted by Crippen LogP contribution is -2.15. The largest absolute Gasteiger partial charge is 0.497 e. The van der Waals surface area contributed by atoms with Gasteiger partial charge in [0.25, 0.3) is 5.91 Å². The van der Waals surface area contributed by atoms with E-state index in [0.29, 0.717) is 17.2 Å². The molecule has 0 unspecified atom stereocenters. The van der Waals surface area contributed by atoms with Gasteiger partial charge in [-0.2, -0.15) is 0 Å². The number of anilines is 1. The van der Waals surface area contributed by atoms with Crippen LogP contribution in [0, 0.1) is 0 Å². The second kappa shape index (κ2) is 7.52. The molecule has 26 heavy (non-hydrogen) atoms. The summed E-state index contributed by atoms with van der Waals surface area (Å²) in [6, 6.07) is 15.2. The zero-order chi connectivity index (χ0) is 18.5. The van der Waals surface area contributed by atoms with Gasteiger partial charge in [-0.1, -0.05) is 17.3 Å². The lowest BCUT2D eigenvalue weighted by atomic mass is 10.1. The lowest BCUT2D eigenvalue weighted by molar-refractivity contribution is 0.0602. The van der Waals surface area contributed by atoms with Gasteiger partial charge < -0.3 is 19.3 Å². The van der Waals surface area contributed by atoms with E-state index in [1.165, 1.54) is 13.2 Å². The predicted octanol–water partition coefficient (Wildman–Crippen LogP) is 3.39.